The standard InChI is InChI=1S/C17H27N3O4S2/c1-24-15-13-5-3-4-6-14(13)25-16(15)17(21)18-7-8-19-9-11-20(12-10-19)26(2,22)23/h3-12H2,1-2H3,(H,18,21). The van der Waals surface area contributed by atoms with E-state index in [-0.39, 0.29) is 5.91 Å². The third-order valence-electron chi connectivity index (χ3n) is 5.05. The fourth-order valence-corrected chi connectivity index (χ4v) is 5.70. The van der Waals surface area contributed by atoms with Crippen LogP contribution in [0, 0.1) is 0 Å². The molecule has 26 heavy (non-hydrogen) atoms. The minimum atomic E-state index is -3.10. The Kier molecular flexibility index (Phi) is 6.21. The van der Waals surface area contributed by atoms with E-state index >= 15 is 0 Å². The van der Waals surface area contributed by atoms with Gasteiger partial charge in [0.25, 0.3) is 5.91 Å². The number of hydrogen-bond donors (Lipinski definition) is 1. The van der Waals surface area contributed by atoms with E-state index < -0.39 is 10.0 Å². The number of methoxy groups -OCH3 is 1. The van der Waals surface area contributed by atoms with Gasteiger partial charge in [0.1, 0.15) is 10.6 Å². The lowest BCUT2D eigenvalue weighted by Crippen LogP contribution is -2.49. The lowest BCUT2D eigenvalue weighted by Gasteiger charge is -2.33. The SMILES string of the molecule is COc1c(C(=O)NCCN2CCN(S(C)(=O)=O)CC2)sc2c1CCCC2. The lowest BCUT2D eigenvalue weighted by atomic mass is 9.98. The van der Waals surface area contributed by atoms with Gasteiger partial charge in [0, 0.05) is 49.7 Å². The van der Waals surface area contributed by atoms with E-state index in [2.05, 4.69) is 10.2 Å². The van der Waals surface area contributed by atoms with Crippen molar-refractivity contribution in [2.45, 2.75) is 25.7 Å². The van der Waals surface area contributed by atoms with Crippen molar-refractivity contribution >= 4 is 27.3 Å². The fourth-order valence-electron chi connectivity index (χ4n) is 3.59. The van der Waals surface area contributed by atoms with Crippen LogP contribution in [0.2, 0.25) is 0 Å². The predicted molar refractivity (Wildman–Crippen MR) is 103 cm³/mol. The summed E-state index contributed by atoms with van der Waals surface area (Å²) in [5.41, 5.74) is 1.21. The summed E-state index contributed by atoms with van der Waals surface area (Å²) >= 11 is 1.56. The molecule has 146 valence electrons. The van der Waals surface area contributed by atoms with Gasteiger partial charge in [-0.05, 0) is 25.7 Å². The molecule has 0 atom stereocenters. The minimum absolute atomic E-state index is 0.0731. The molecular formula is C17H27N3O4S2. The van der Waals surface area contributed by atoms with Crippen molar-refractivity contribution in [1.82, 2.24) is 14.5 Å². The molecule has 0 bridgehead atoms. The normalized spacial score (nSPS) is 19.2. The quantitative estimate of drug-likeness (QED) is 0.768. The summed E-state index contributed by atoms with van der Waals surface area (Å²) in [5.74, 6) is 0.681. The second kappa shape index (κ2) is 8.24. The smallest absolute Gasteiger partial charge is 0.265 e. The number of fused-ring (bicyclic) bond motifs is 1. The Morgan fingerprint density at radius 1 is 1.19 bits per heavy atom. The molecule has 0 unspecified atom stereocenters. The van der Waals surface area contributed by atoms with E-state index in [0.717, 1.165) is 31.6 Å². The molecule has 1 aliphatic carbocycles. The fraction of sp³-hybridized carbons (Fsp3) is 0.706. The Hall–Kier alpha value is -1.16. The Balaban J connectivity index is 1.50. The zero-order valence-corrected chi connectivity index (χ0v) is 17.0. The number of sulfonamides is 1. The molecule has 1 aromatic heterocycles. The first kappa shape index (κ1) is 19.6. The molecule has 9 heteroatoms. The molecule has 1 aromatic rings. The third-order valence-corrected chi connectivity index (χ3v) is 7.62. The number of piperazine rings is 1. The molecule has 1 amide bonds. The van der Waals surface area contributed by atoms with Crippen LogP contribution in [0.5, 0.6) is 5.75 Å². The van der Waals surface area contributed by atoms with Crippen molar-refractivity contribution in [3.8, 4) is 5.75 Å². The van der Waals surface area contributed by atoms with Crippen LogP contribution in [0.25, 0.3) is 0 Å². The molecule has 1 aliphatic heterocycles. The average Bonchev–Trinajstić information content (AvgIpc) is 3.00. The second-order valence-corrected chi connectivity index (χ2v) is 9.92. The van der Waals surface area contributed by atoms with Crippen LogP contribution in [0.1, 0.15) is 33.0 Å². The molecule has 1 saturated heterocycles. The molecule has 2 aliphatic rings. The minimum Gasteiger partial charge on any atom is -0.495 e. The van der Waals surface area contributed by atoms with Crippen molar-refractivity contribution in [3.63, 3.8) is 0 Å². The Labute approximate surface area is 159 Å². The lowest BCUT2D eigenvalue weighted by molar-refractivity contribution is 0.0946. The number of rotatable bonds is 6. The van der Waals surface area contributed by atoms with Gasteiger partial charge in [-0.25, -0.2) is 8.42 Å². The average molecular weight is 402 g/mol. The van der Waals surface area contributed by atoms with E-state index in [1.807, 2.05) is 0 Å². The molecule has 7 nitrogen and oxygen atoms in total. The number of nitrogens with one attached hydrogen (secondary N) is 1. The van der Waals surface area contributed by atoms with Gasteiger partial charge in [-0.1, -0.05) is 0 Å². The maximum atomic E-state index is 12.6. The maximum Gasteiger partial charge on any atom is 0.265 e. The molecule has 0 radical (unpaired) electrons. The summed E-state index contributed by atoms with van der Waals surface area (Å²) in [6, 6.07) is 0. The molecular weight excluding hydrogens is 374 g/mol. The summed E-state index contributed by atoms with van der Waals surface area (Å²) in [4.78, 5) is 16.7. The van der Waals surface area contributed by atoms with Crippen LogP contribution >= 0.6 is 11.3 Å². The molecule has 1 N–H and O–H groups in total. The third kappa shape index (κ3) is 4.39. The highest BCUT2D eigenvalue weighted by atomic mass is 32.2. The highest BCUT2D eigenvalue weighted by Crippen LogP contribution is 2.39. The summed E-state index contributed by atoms with van der Waals surface area (Å²) < 4.78 is 30.1. The van der Waals surface area contributed by atoms with Gasteiger partial charge in [0.15, 0.2) is 0 Å². The Morgan fingerprint density at radius 2 is 1.88 bits per heavy atom. The van der Waals surface area contributed by atoms with Crippen LogP contribution in [0.15, 0.2) is 0 Å². The van der Waals surface area contributed by atoms with E-state index in [9.17, 15) is 13.2 Å². The largest absolute Gasteiger partial charge is 0.495 e. The highest BCUT2D eigenvalue weighted by molar-refractivity contribution is 7.88. The number of thiophene rings is 1. The number of aryl methyl sites for hydroxylation is 1. The van der Waals surface area contributed by atoms with Crippen molar-refractivity contribution < 1.29 is 17.9 Å². The van der Waals surface area contributed by atoms with Crippen molar-refractivity contribution in [3.05, 3.63) is 15.3 Å². The van der Waals surface area contributed by atoms with Gasteiger partial charge in [-0.3, -0.25) is 9.69 Å². The zero-order valence-electron chi connectivity index (χ0n) is 15.4. The summed E-state index contributed by atoms with van der Waals surface area (Å²) in [5, 5.41) is 2.99. The number of amides is 1. The molecule has 2 heterocycles. The van der Waals surface area contributed by atoms with Crippen LogP contribution in [-0.2, 0) is 22.9 Å². The van der Waals surface area contributed by atoms with Gasteiger partial charge in [-0.2, -0.15) is 4.31 Å². The van der Waals surface area contributed by atoms with Gasteiger partial charge >= 0.3 is 0 Å². The van der Waals surface area contributed by atoms with Crippen molar-refractivity contribution in [2.24, 2.45) is 0 Å². The predicted octanol–water partition coefficient (Wildman–Crippen LogP) is 0.943. The topological polar surface area (TPSA) is 79.0 Å². The first-order valence-corrected chi connectivity index (χ1v) is 11.7. The van der Waals surface area contributed by atoms with Gasteiger partial charge in [-0.15, -0.1) is 11.3 Å². The summed E-state index contributed by atoms with van der Waals surface area (Å²) in [6.07, 6.45) is 5.61. The van der Waals surface area contributed by atoms with E-state index in [1.165, 1.54) is 27.4 Å². The molecule has 0 aromatic carbocycles. The van der Waals surface area contributed by atoms with Gasteiger partial charge in [0.05, 0.1) is 13.4 Å². The molecule has 0 saturated carbocycles. The van der Waals surface area contributed by atoms with Crippen LogP contribution in [-0.4, -0.2) is 76.2 Å². The summed E-state index contributed by atoms with van der Waals surface area (Å²) in [6.45, 7) is 3.68. The molecule has 3 rings (SSSR count). The van der Waals surface area contributed by atoms with E-state index in [0.29, 0.717) is 37.6 Å². The Morgan fingerprint density at radius 3 is 2.54 bits per heavy atom. The van der Waals surface area contributed by atoms with Crippen LogP contribution < -0.4 is 10.1 Å². The first-order valence-electron chi connectivity index (χ1n) is 9.04. The monoisotopic (exact) mass is 401 g/mol. The summed E-state index contributed by atoms with van der Waals surface area (Å²) in [7, 11) is -1.47. The van der Waals surface area contributed by atoms with Crippen molar-refractivity contribution in [1.29, 1.82) is 0 Å². The Bertz CT molecular complexity index is 752. The van der Waals surface area contributed by atoms with Gasteiger partial charge in [0.2, 0.25) is 10.0 Å². The van der Waals surface area contributed by atoms with Crippen LogP contribution in [0.4, 0.5) is 0 Å². The molecule has 0 spiro atoms. The van der Waals surface area contributed by atoms with E-state index in [1.54, 1.807) is 18.4 Å². The first-order chi connectivity index (χ1) is 12.4. The zero-order chi connectivity index (χ0) is 18.7. The maximum absolute atomic E-state index is 12.6. The van der Waals surface area contributed by atoms with E-state index in [4.69, 9.17) is 4.74 Å². The number of ether oxygens (including phenoxy) is 1. The van der Waals surface area contributed by atoms with Crippen LogP contribution in [0.3, 0.4) is 0 Å². The number of carbonyl (C=O) groups excluding carboxylic acids is 1. The van der Waals surface area contributed by atoms with Crippen molar-refractivity contribution in [2.75, 3.05) is 52.6 Å². The number of nitrogens with zero attached hydrogens (tertiary/aromatic N) is 2. The number of hydrogen-bond acceptors (Lipinski definition) is 6. The highest BCUT2D eigenvalue weighted by Gasteiger charge is 2.26. The number of carbonyl (C=O) groups is 1. The second-order valence-electron chi connectivity index (χ2n) is 6.83. The van der Waals surface area contributed by atoms with Gasteiger partial charge < -0.3 is 10.1 Å². The molecule has 1 fully saturated rings.